The number of allylic oxidation sites excluding steroid dienone is 1. The van der Waals surface area contributed by atoms with E-state index in [1.54, 1.807) is 12.3 Å². The van der Waals surface area contributed by atoms with E-state index in [1.807, 2.05) is 0 Å². The molecule has 0 bridgehead atoms. The summed E-state index contributed by atoms with van der Waals surface area (Å²) in [6.45, 7) is 2.27. The van der Waals surface area contributed by atoms with E-state index in [2.05, 4.69) is 20.9 Å². The molecule has 2 aliphatic rings. The highest BCUT2D eigenvalue weighted by molar-refractivity contribution is 9.09. The van der Waals surface area contributed by atoms with Crippen molar-refractivity contribution in [1.82, 2.24) is 8.61 Å². The zero-order valence-electron chi connectivity index (χ0n) is 10.9. The highest BCUT2D eigenvalue weighted by Crippen LogP contribution is 2.27. The van der Waals surface area contributed by atoms with Crippen molar-refractivity contribution in [2.75, 3.05) is 38.2 Å². The third-order valence-corrected chi connectivity index (χ3v) is 5.66. The van der Waals surface area contributed by atoms with Crippen molar-refractivity contribution in [3.63, 3.8) is 0 Å². The van der Waals surface area contributed by atoms with Crippen LogP contribution in [-0.2, 0) is 14.9 Å². The van der Waals surface area contributed by atoms with Crippen molar-refractivity contribution < 1.29 is 13.2 Å². The van der Waals surface area contributed by atoms with E-state index in [1.165, 1.54) is 8.61 Å². The SMILES string of the molecule is O=S1(=O)N(CCOCCBr)CCN1C1=CC=NC(Cl)C1. The molecule has 20 heavy (non-hydrogen) atoms. The Morgan fingerprint density at radius 3 is 2.95 bits per heavy atom. The molecule has 0 aromatic carbocycles. The summed E-state index contributed by atoms with van der Waals surface area (Å²) >= 11 is 9.19. The molecular formula is C11H17BrClN3O3S. The minimum atomic E-state index is -3.45. The first kappa shape index (κ1) is 16.2. The van der Waals surface area contributed by atoms with Crippen LogP contribution in [0, 0.1) is 0 Å². The molecule has 0 radical (unpaired) electrons. The van der Waals surface area contributed by atoms with Crippen LogP contribution < -0.4 is 0 Å². The molecule has 1 fully saturated rings. The molecule has 0 N–H and O–H groups in total. The first-order valence-corrected chi connectivity index (χ1v) is 9.29. The second kappa shape index (κ2) is 7.22. The van der Waals surface area contributed by atoms with Crippen LogP contribution in [0.1, 0.15) is 6.42 Å². The lowest BCUT2D eigenvalue weighted by Crippen LogP contribution is -2.35. The molecule has 1 atom stereocenters. The summed E-state index contributed by atoms with van der Waals surface area (Å²) < 4.78 is 33.0. The number of aliphatic imine (C=N–C) groups is 1. The molecule has 1 unspecified atom stereocenters. The van der Waals surface area contributed by atoms with Crippen molar-refractivity contribution in [2.24, 2.45) is 4.99 Å². The van der Waals surface area contributed by atoms with E-state index >= 15 is 0 Å². The summed E-state index contributed by atoms with van der Waals surface area (Å²) in [7, 11) is -3.45. The van der Waals surface area contributed by atoms with Crippen LogP contribution >= 0.6 is 27.5 Å². The minimum absolute atomic E-state index is 0.373. The molecule has 2 heterocycles. The van der Waals surface area contributed by atoms with Gasteiger partial charge in [0.2, 0.25) is 0 Å². The summed E-state index contributed by atoms with van der Waals surface area (Å²) in [5.74, 6) is 0. The fourth-order valence-corrected chi connectivity index (χ4v) is 4.21. The largest absolute Gasteiger partial charge is 0.379 e. The Labute approximate surface area is 132 Å². The molecule has 0 aromatic rings. The van der Waals surface area contributed by atoms with E-state index < -0.39 is 10.2 Å². The van der Waals surface area contributed by atoms with Crippen molar-refractivity contribution in [2.45, 2.75) is 11.9 Å². The fourth-order valence-electron chi connectivity index (χ4n) is 2.12. The quantitative estimate of drug-likeness (QED) is 0.391. The van der Waals surface area contributed by atoms with E-state index in [9.17, 15) is 8.42 Å². The Morgan fingerprint density at radius 1 is 1.45 bits per heavy atom. The van der Waals surface area contributed by atoms with Crippen LogP contribution in [0.2, 0.25) is 0 Å². The summed E-state index contributed by atoms with van der Waals surface area (Å²) in [5.41, 5.74) is 0.311. The van der Waals surface area contributed by atoms with Gasteiger partial charge < -0.3 is 4.74 Å². The maximum Gasteiger partial charge on any atom is 0.304 e. The summed E-state index contributed by atoms with van der Waals surface area (Å²) in [6, 6.07) is 0. The van der Waals surface area contributed by atoms with Gasteiger partial charge in [-0.1, -0.05) is 27.5 Å². The van der Waals surface area contributed by atoms with Gasteiger partial charge in [-0.3, -0.25) is 9.30 Å². The van der Waals surface area contributed by atoms with Crippen LogP contribution in [0.5, 0.6) is 0 Å². The number of ether oxygens (including phenoxy) is 1. The maximum atomic E-state index is 12.4. The molecule has 0 amide bonds. The third kappa shape index (κ3) is 3.73. The van der Waals surface area contributed by atoms with Gasteiger partial charge in [0.05, 0.1) is 13.2 Å². The highest BCUT2D eigenvalue weighted by Gasteiger charge is 2.37. The predicted octanol–water partition coefficient (Wildman–Crippen LogP) is 1.18. The summed E-state index contributed by atoms with van der Waals surface area (Å²) in [4.78, 5) is 3.99. The van der Waals surface area contributed by atoms with Crippen molar-refractivity contribution in [3.8, 4) is 0 Å². The molecule has 0 aliphatic carbocycles. The lowest BCUT2D eigenvalue weighted by Gasteiger charge is -2.24. The van der Waals surface area contributed by atoms with Crippen LogP contribution in [0.15, 0.2) is 16.8 Å². The number of rotatable bonds is 6. The van der Waals surface area contributed by atoms with Gasteiger partial charge >= 0.3 is 10.2 Å². The Kier molecular flexibility index (Phi) is 5.85. The Balaban J connectivity index is 1.97. The molecule has 0 saturated carbocycles. The van der Waals surface area contributed by atoms with Gasteiger partial charge in [0.15, 0.2) is 0 Å². The smallest absolute Gasteiger partial charge is 0.304 e. The molecule has 0 spiro atoms. The lowest BCUT2D eigenvalue weighted by molar-refractivity contribution is 0.139. The summed E-state index contributed by atoms with van der Waals surface area (Å²) in [6.07, 6.45) is 3.71. The Morgan fingerprint density at radius 2 is 2.25 bits per heavy atom. The second-order valence-corrected chi connectivity index (χ2v) is 7.52. The van der Waals surface area contributed by atoms with E-state index in [4.69, 9.17) is 16.3 Å². The average Bonchev–Trinajstić information content (AvgIpc) is 2.70. The van der Waals surface area contributed by atoms with Gasteiger partial charge in [-0.05, 0) is 6.08 Å². The number of halogens is 2. The molecule has 1 saturated heterocycles. The van der Waals surface area contributed by atoms with E-state index in [0.717, 1.165) is 5.33 Å². The summed E-state index contributed by atoms with van der Waals surface area (Å²) in [5, 5.41) is 0.745. The number of alkyl halides is 2. The Bertz CT molecular complexity index is 497. The normalized spacial score (nSPS) is 26.0. The van der Waals surface area contributed by atoms with Crippen molar-refractivity contribution >= 4 is 44.0 Å². The van der Waals surface area contributed by atoms with Gasteiger partial charge in [-0.25, -0.2) is 0 Å². The predicted molar refractivity (Wildman–Crippen MR) is 82.6 cm³/mol. The van der Waals surface area contributed by atoms with Gasteiger partial charge in [0.1, 0.15) is 5.50 Å². The first-order valence-electron chi connectivity index (χ1n) is 6.33. The zero-order valence-corrected chi connectivity index (χ0v) is 14.1. The molecule has 2 aliphatic heterocycles. The number of hydrogen-bond donors (Lipinski definition) is 0. The zero-order chi connectivity index (χ0) is 14.6. The van der Waals surface area contributed by atoms with Crippen molar-refractivity contribution in [3.05, 3.63) is 11.8 Å². The first-order chi connectivity index (χ1) is 9.55. The standard InChI is InChI=1S/C11H17BrClN3O3S/c12-2-7-19-8-6-15-4-5-16(20(15,17)18)10-1-3-14-11(13)9-10/h1,3,11H,2,4-9H2. The van der Waals surface area contributed by atoms with E-state index in [-0.39, 0.29) is 5.50 Å². The topological polar surface area (TPSA) is 62.2 Å². The van der Waals surface area contributed by atoms with Crippen LogP contribution in [0.25, 0.3) is 0 Å². The fraction of sp³-hybridized carbons (Fsp3) is 0.727. The molecule has 2 rings (SSSR count). The Hall–Kier alpha value is -0.150. The monoisotopic (exact) mass is 385 g/mol. The minimum Gasteiger partial charge on any atom is -0.379 e. The average molecular weight is 387 g/mol. The number of hydrogen-bond acceptors (Lipinski definition) is 4. The van der Waals surface area contributed by atoms with Crippen LogP contribution in [0.4, 0.5) is 0 Å². The highest BCUT2D eigenvalue weighted by atomic mass is 79.9. The van der Waals surface area contributed by atoms with Crippen molar-refractivity contribution in [1.29, 1.82) is 0 Å². The second-order valence-electron chi connectivity index (χ2n) is 4.38. The van der Waals surface area contributed by atoms with Gasteiger partial charge in [-0.15, -0.1) is 0 Å². The molecule has 6 nitrogen and oxygen atoms in total. The number of dihydropyridines is 1. The third-order valence-electron chi connectivity index (χ3n) is 3.08. The van der Waals surface area contributed by atoms with Gasteiger partial charge in [-0.2, -0.15) is 12.7 Å². The van der Waals surface area contributed by atoms with Gasteiger partial charge in [0, 0.05) is 43.3 Å². The lowest BCUT2D eigenvalue weighted by atomic mass is 10.2. The van der Waals surface area contributed by atoms with Crippen LogP contribution in [0.3, 0.4) is 0 Å². The maximum absolute atomic E-state index is 12.4. The molecule has 114 valence electrons. The molecular weight excluding hydrogens is 370 g/mol. The molecule has 0 aromatic heterocycles. The number of nitrogens with zero attached hydrogens (tertiary/aromatic N) is 3. The van der Waals surface area contributed by atoms with E-state index in [0.29, 0.717) is 45.0 Å². The van der Waals surface area contributed by atoms with Gasteiger partial charge in [0.25, 0.3) is 0 Å². The molecule has 9 heteroatoms. The van der Waals surface area contributed by atoms with Crippen LogP contribution in [-0.4, -0.2) is 66.9 Å².